The maximum absolute atomic E-state index is 13.7. The molecule has 0 bridgehead atoms. The molecular weight excluding hydrogens is 509 g/mol. The summed E-state index contributed by atoms with van der Waals surface area (Å²) >= 11 is 12.1. The number of hydrogen-bond acceptors (Lipinski definition) is 4. The summed E-state index contributed by atoms with van der Waals surface area (Å²) in [5.41, 5.74) is 1.74. The zero-order chi connectivity index (χ0) is 26.3. The van der Waals surface area contributed by atoms with Gasteiger partial charge >= 0.3 is 0 Å². The first kappa shape index (κ1) is 28.9. The summed E-state index contributed by atoms with van der Waals surface area (Å²) in [6.45, 7) is 7.65. The number of aryl methyl sites for hydroxylation is 1. The summed E-state index contributed by atoms with van der Waals surface area (Å²) in [7, 11) is -3.81. The Kier molecular flexibility index (Phi) is 10.4. The number of carbonyl (C=O) groups is 2. The fourth-order valence-electron chi connectivity index (χ4n) is 3.62. The van der Waals surface area contributed by atoms with Gasteiger partial charge in [0.1, 0.15) is 12.6 Å². The van der Waals surface area contributed by atoms with E-state index in [2.05, 4.69) is 5.32 Å². The molecule has 0 aliphatic carbocycles. The van der Waals surface area contributed by atoms with Crippen LogP contribution in [0.1, 0.15) is 38.3 Å². The van der Waals surface area contributed by atoms with E-state index in [1.165, 1.54) is 4.90 Å². The largest absolute Gasteiger partial charge is 0.354 e. The monoisotopic (exact) mass is 541 g/mol. The lowest BCUT2D eigenvalue weighted by Gasteiger charge is -2.33. The van der Waals surface area contributed by atoms with Crippen LogP contribution < -0.4 is 9.62 Å². The number of halogens is 2. The first-order valence-corrected chi connectivity index (χ1v) is 14.0. The minimum atomic E-state index is -3.81. The Morgan fingerprint density at radius 1 is 1.03 bits per heavy atom. The molecule has 0 heterocycles. The second-order valence-corrected chi connectivity index (χ2v) is 11.7. The molecule has 0 aliphatic rings. The molecule has 2 aromatic carbocycles. The summed E-state index contributed by atoms with van der Waals surface area (Å²) in [4.78, 5) is 28.1. The molecule has 1 N–H and O–H groups in total. The first-order valence-electron chi connectivity index (χ1n) is 11.4. The molecule has 0 radical (unpaired) electrons. The first-order chi connectivity index (χ1) is 16.3. The second kappa shape index (κ2) is 12.6. The molecule has 0 fully saturated rings. The van der Waals surface area contributed by atoms with Crippen molar-refractivity contribution in [3.05, 3.63) is 63.6 Å². The van der Waals surface area contributed by atoms with E-state index in [0.717, 1.165) is 16.1 Å². The van der Waals surface area contributed by atoms with Crippen LogP contribution in [-0.2, 0) is 26.2 Å². The molecule has 0 aliphatic heterocycles. The summed E-state index contributed by atoms with van der Waals surface area (Å²) < 4.78 is 26.5. The zero-order valence-electron chi connectivity index (χ0n) is 20.7. The molecule has 35 heavy (non-hydrogen) atoms. The molecule has 192 valence electrons. The number of nitrogens with zero attached hydrogens (tertiary/aromatic N) is 2. The molecule has 2 amide bonds. The van der Waals surface area contributed by atoms with Gasteiger partial charge in [-0.15, -0.1) is 0 Å². The number of hydrogen-bond donors (Lipinski definition) is 1. The molecule has 0 spiro atoms. The van der Waals surface area contributed by atoms with Gasteiger partial charge in [-0.1, -0.05) is 56.1 Å². The Hall–Kier alpha value is -2.29. The van der Waals surface area contributed by atoms with Gasteiger partial charge in [-0.2, -0.15) is 0 Å². The van der Waals surface area contributed by atoms with Crippen LogP contribution in [0.2, 0.25) is 10.0 Å². The number of sulfonamides is 1. The highest BCUT2D eigenvalue weighted by atomic mass is 35.5. The van der Waals surface area contributed by atoms with Gasteiger partial charge in [0.25, 0.3) is 0 Å². The number of anilines is 1. The summed E-state index contributed by atoms with van der Waals surface area (Å²) in [5, 5.41) is 3.91. The summed E-state index contributed by atoms with van der Waals surface area (Å²) in [6.07, 6.45) is 1.41. The normalized spacial score (nSPS) is 12.3. The molecule has 0 saturated heterocycles. The van der Waals surface area contributed by atoms with Crippen molar-refractivity contribution in [2.24, 2.45) is 5.92 Å². The lowest BCUT2D eigenvalue weighted by molar-refractivity contribution is -0.140. The molecular formula is C25H33Cl2N3O4S. The number of rotatable bonds is 11. The summed E-state index contributed by atoms with van der Waals surface area (Å²) in [5.74, 6) is -0.533. The van der Waals surface area contributed by atoms with E-state index in [0.29, 0.717) is 34.3 Å². The topological polar surface area (TPSA) is 86.8 Å². The molecule has 2 rings (SSSR count). The number of amides is 2. The lowest BCUT2D eigenvalue weighted by Crippen LogP contribution is -2.52. The Balaban J connectivity index is 2.44. The summed E-state index contributed by atoms with van der Waals surface area (Å²) in [6, 6.07) is 11.0. The maximum Gasteiger partial charge on any atom is 0.244 e. The third kappa shape index (κ3) is 8.40. The number of carbonyl (C=O) groups excluding carboxylic acids is 2. The smallest absolute Gasteiger partial charge is 0.244 e. The van der Waals surface area contributed by atoms with Crippen LogP contribution in [0.25, 0.3) is 0 Å². The van der Waals surface area contributed by atoms with Crippen molar-refractivity contribution in [1.29, 1.82) is 0 Å². The minimum absolute atomic E-state index is 0.126. The van der Waals surface area contributed by atoms with E-state index in [1.54, 1.807) is 49.4 Å². The third-order valence-corrected chi connectivity index (χ3v) is 7.06. The van der Waals surface area contributed by atoms with Crippen LogP contribution in [0.4, 0.5) is 5.69 Å². The molecule has 0 aromatic heterocycles. The van der Waals surface area contributed by atoms with Crippen LogP contribution in [0.5, 0.6) is 0 Å². The Morgan fingerprint density at radius 2 is 1.63 bits per heavy atom. The predicted molar refractivity (Wildman–Crippen MR) is 142 cm³/mol. The Labute approximate surface area is 218 Å². The van der Waals surface area contributed by atoms with Gasteiger partial charge in [0, 0.05) is 23.1 Å². The van der Waals surface area contributed by atoms with E-state index in [9.17, 15) is 18.0 Å². The molecule has 1 unspecified atom stereocenters. The number of benzene rings is 2. The molecule has 10 heteroatoms. The van der Waals surface area contributed by atoms with Crippen molar-refractivity contribution in [2.75, 3.05) is 23.7 Å². The van der Waals surface area contributed by atoms with E-state index in [4.69, 9.17) is 23.2 Å². The zero-order valence-corrected chi connectivity index (χ0v) is 23.0. The number of nitrogens with one attached hydrogen (secondary N) is 1. The minimum Gasteiger partial charge on any atom is -0.354 e. The van der Waals surface area contributed by atoms with Crippen molar-refractivity contribution in [1.82, 2.24) is 10.2 Å². The van der Waals surface area contributed by atoms with Crippen LogP contribution in [0.15, 0.2) is 42.5 Å². The molecule has 1 atom stereocenters. The van der Waals surface area contributed by atoms with Gasteiger partial charge in [-0.25, -0.2) is 8.42 Å². The standard InChI is InChI=1S/C25H33Cl2N3O4S/c1-6-22(25(32)28-14-17(2)3)29(15-19-7-9-20(26)10-8-19)24(31)16-30(35(5,33)34)23-12-11-21(27)13-18(23)4/h7-13,17,22H,6,14-16H2,1-5H3,(H,28,32). The fourth-order valence-corrected chi connectivity index (χ4v) is 4.88. The SMILES string of the molecule is CCC(C(=O)NCC(C)C)N(Cc1ccc(Cl)cc1)C(=O)CN(c1ccc(Cl)cc1C)S(C)(=O)=O. The average molecular weight is 543 g/mol. The van der Waals surface area contributed by atoms with Gasteiger partial charge in [-0.05, 0) is 60.7 Å². The van der Waals surface area contributed by atoms with Crippen LogP contribution in [0.3, 0.4) is 0 Å². The highest BCUT2D eigenvalue weighted by molar-refractivity contribution is 7.92. The van der Waals surface area contributed by atoms with E-state index >= 15 is 0 Å². The van der Waals surface area contributed by atoms with Crippen molar-refractivity contribution >= 4 is 50.7 Å². The lowest BCUT2D eigenvalue weighted by atomic mass is 10.1. The van der Waals surface area contributed by atoms with Gasteiger partial charge < -0.3 is 10.2 Å². The van der Waals surface area contributed by atoms with Gasteiger partial charge in [0.2, 0.25) is 21.8 Å². The van der Waals surface area contributed by atoms with Gasteiger partial charge in [0.15, 0.2) is 0 Å². The fraction of sp³-hybridized carbons (Fsp3) is 0.440. The highest BCUT2D eigenvalue weighted by Gasteiger charge is 2.32. The Morgan fingerprint density at radius 3 is 2.14 bits per heavy atom. The van der Waals surface area contributed by atoms with E-state index in [-0.39, 0.29) is 18.4 Å². The van der Waals surface area contributed by atoms with Gasteiger partial charge in [0.05, 0.1) is 11.9 Å². The maximum atomic E-state index is 13.7. The van der Waals surface area contributed by atoms with Crippen LogP contribution in [-0.4, -0.2) is 50.5 Å². The van der Waals surface area contributed by atoms with E-state index in [1.807, 2.05) is 20.8 Å². The predicted octanol–water partition coefficient (Wildman–Crippen LogP) is 4.65. The van der Waals surface area contributed by atoms with Crippen molar-refractivity contribution in [3.63, 3.8) is 0 Å². The molecule has 0 saturated carbocycles. The Bertz CT molecular complexity index is 1140. The molecule has 7 nitrogen and oxygen atoms in total. The quantitative estimate of drug-likeness (QED) is 0.448. The molecule has 2 aromatic rings. The highest BCUT2D eigenvalue weighted by Crippen LogP contribution is 2.26. The van der Waals surface area contributed by atoms with Gasteiger partial charge in [-0.3, -0.25) is 13.9 Å². The van der Waals surface area contributed by atoms with Crippen molar-refractivity contribution in [3.8, 4) is 0 Å². The van der Waals surface area contributed by atoms with E-state index < -0.39 is 28.5 Å². The third-order valence-electron chi connectivity index (χ3n) is 5.44. The average Bonchev–Trinajstić information content (AvgIpc) is 2.76. The van der Waals surface area contributed by atoms with Crippen LogP contribution >= 0.6 is 23.2 Å². The van der Waals surface area contributed by atoms with Crippen molar-refractivity contribution < 1.29 is 18.0 Å². The van der Waals surface area contributed by atoms with Crippen LogP contribution in [0, 0.1) is 12.8 Å². The second-order valence-electron chi connectivity index (χ2n) is 8.91. The van der Waals surface area contributed by atoms with Crippen molar-refractivity contribution in [2.45, 2.75) is 46.7 Å².